The molecule has 2 aromatic heterocycles. The molecule has 0 aliphatic rings. The molecule has 0 saturated carbocycles. The molecule has 0 spiro atoms. The van der Waals surface area contributed by atoms with Gasteiger partial charge in [-0.25, -0.2) is 9.78 Å². The van der Waals surface area contributed by atoms with Crippen LogP contribution in [0.15, 0.2) is 18.3 Å². The van der Waals surface area contributed by atoms with Crippen molar-refractivity contribution in [3.8, 4) is 0 Å². The molecule has 0 bridgehead atoms. The minimum absolute atomic E-state index is 0.269. The number of nitrogens with zero attached hydrogens (tertiary/aromatic N) is 1. The maximum Gasteiger partial charge on any atom is 0.356 e. The van der Waals surface area contributed by atoms with E-state index in [4.69, 9.17) is 10.5 Å². The molecule has 5 nitrogen and oxygen atoms in total. The Morgan fingerprint density at radius 3 is 3.13 bits per heavy atom. The average Bonchev–Trinajstić information content (AvgIpc) is 2.57. The highest BCUT2D eigenvalue weighted by atomic mass is 16.5. The van der Waals surface area contributed by atoms with Crippen molar-refractivity contribution < 1.29 is 9.53 Å². The molecule has 0 aliphatic carbocycles. The summed E-state index contributed by atoms with van der Waals surface area (Å²) in [5.74, 6) is -0.451. The van der Waals surface area contributed by atoms with Crippen molar-refractivity contribution in [2.75, 3.05) is 12.3 Å². The highest BCUT2D eigenvalue weighted by Gasteiger charge is 2.16. The summed E-state index contributed by atoms with van der Waals surface area (Å²) >= 11 is 0. The fourth-order valence-corrected chi connectivity index (χ4v) is 1.41. The highest BCUT2D eigenvalue weighted by Crippen LogP contribution is 2.23. The molecular weight excluding hydrogens is 194 g/mol. The van der Waals surface area contributed by atoms with Crippen molar-refractivity contribution in [3.05, 3.63) is 24.0 Å². The summed E-state index contributed by atoms with van der Waals surface area (Å²) in [7, 11) is 0. The topological polar surface area (TPSA) is 81.0 Å². The Bertz CT molecular complexity index is 504. The second-order valence-electron chi connectivity index (χ2n) is 3.03. The quantitative estimate of drug-likeness (QED) is 0.724. The molecule has 2 rings (SSSR count). The van der Waals surface area contributed by atoms with Gasteiger partial charge in [0.15, 0.2) is 5.69 Å². The molecule has 2 heterocycles. The Morgan fingerprint density at radius 2 is 2.47 bits per heavy atom. The predicted molar refractivity (Wildman–Crippen MR) is 56.5 cm³/mol. The van der Waals surface area contributed by atoms with Crippen molar-refractivity contribution in [3.63, 3.8) is 0 Å². The lowest BCUT2D eigenvalue weighted by molar-refractivity contribution is 0.0522. The first-order chi connectivity index (χ1) is 7.24. The number of anilines is 1. The van der Waals surface area contributed by atoms with Crippen LogP contribution < -0.4 is 5.73 Å². The number of carbonyl (C=O) groups excluding carboxylic acids is 1. The maximum absolute atomic E-state index is 11.5. The number of nitrogens with one attached hydrogen (secondary N) is 1. The van der Waals surface area contributed by atoms with E-state index >= 15 is 0 Å². The molecule has 0 saturated heterocycles. The number of hydrogen-bond acceptors (Lipinski definition) is 4. The SMILES string of the molecule is CCOC(=O)c1[nH]c2ncccc2c1N. The number of pyridine rings is 1. The van der Waals surface area contributed by atoms with Crippen LogP contribution in [0.3, 0.4) is 0 Å². The first kappa shape index (κ1) is 9.51. The first-order valence-corrected chi connectivity index (χ1v) is 4.63. The lowest BCUT2D eigenvalue weighted by Crippen LogP contribution is -2.07. The van der Waals surface area contributed by atoms with Crippen LogP contribution in [-0.2, 0) is 4.74 Å². The van der Waals surface area contributed by atoms with Crippen molar-refractivity contribution in [2.24, 2.45) is 0 Å². The first-order valence-electron chi connectivity index (χ1n) is 4.63. The van der Waals surface area contributed by atoms with Crippen molar-refractivity contribution in [1.82, 2.24) is 9.97 Å². The third kappa shape index (κ3) is 1.52. The van der Waals surface area contributed by atoms with Crippen LogP contribution >= 0.6 is 0 Å². The van der Waals surface area contributed by atoms with Gasteiger partial charge >= 0.3 is 5.97 Å². The molecule has 3 N–H and O–H groups in total. The third-order valence-electron chi connectivity index (χ3n) is 2.09. The van der Waals surface area contributed by atoms with Crippen LogP contribution in [0.25, 0.3) is 11.0 Å². The molecular formula is C10H11N3O2. The summed E-state index contributed by atoms with van der Waals surface area (Å²) in [5, 5.41) is 0.737. The second-order valence-corrected chi connectivity index (χ2v) is 3.03. The van der Waals surface area contributed by atoms with Gasteiger partial charge in [-0.15, -0.1) is 0 Å². The monoisotopic (exact) mass is 205 g/mol. The number of nitrogen functional groups attached to an aromatic ring is 1. The maximum atomic E-state index is 11.5. The summed E-state index contributed by atoms with van der Waals surface area (Å²) < 4.78 is 4.86. The number of nitrogens with two attached hydrogens (primary N) is 1. The molecule has 0 atom stereocenters. The van der Waals surface area contributed by atoms with Crippen LogP contribution in [0, 0.1) is 0 Å². The van der Waals surface area contributed by atoms with E-state index < -0.39 is 5.97 Å². The molecule has 0 radical (unpaired) electrons. The molecule has 0 aliphatic heterocycles. The Morgan fingerprint density at radius 1 is 1.67 bits per heavy atom. The average molecular weight is 205 g/mol. The van der Waals surface area contributed by atoms with E-state index in [1.165, 1.54) is 0 Å². The van der Waals surface area contributed by atoms with Crippen LogP contribution in [0.2, 0.25) is 0 Å². The van der Waals surface area contributed by atoms with E-state index in [0.717, 1.165) is 5.39 Å². The van der Waals surface area contributed by atoms with Gasteiger partial charge in [0.1, 0.15) is 5.65 Å². The number of aromatic amines is 1. The van der Waals surface area contributed by atoms with Gasteiger partial charge in [-0.1, -0.05) is 0 Å². The number of ether oxygens (including phenoxy) is 1. The Balaban J connectivity index is 2.53. The number of esters is 1. The minimum Gasteiger partial charge on any atom is -0.461 e. The lowest BCUT2D eigenvalue weighted by Gasteiger charge is -1.99. The third-order valence-corrected chi connectivity index (χ3v) is 2.09. The molecule has 2 aromatic rings. The highest BCUT2D eigenvalue weighted by molar-refractivity contribution is 6.04. The zero-order valence-corrected chi connectivity index (χ0v) is 8.28. The van der Waals surface area contributed by atoms with Gasteiger partial charge in [0.05, 0.1) is 12.3 Å². The molecule has 0 fully saturated rings. The Kier molecular flexibility index (Phi) is 2.29. The molecule has 0 amide bonds. The molecule has 15 heavy (non-hydrogen) atoms. The van der Waals surface area contributed by atoms with Gasteiger partial charge in [-0.2, -0.15) is 0 Å². The largest absolute Gasteiger partial charge is 0.461 e. The number of fused-ring (bicyclic) bond motifs is 1. The standard InChI is InChI=1S/C10H11N3O2/c1-2-15-10(14)8-7(11)6-4-3-5-12-9(6)13-8/h3-5H,2,11H2,1H3,(H,12,13). The number of hydrogen-bond donors (Lipinski definition) is 2. The van der Waals surface area contributed by atoms with Crippen molar-refractivity contribution in [2.45, 2.75) is 6.92 Å². The lowest BCUT2D eigenvalue weighted by atomic mass is 10.3. The van der Waals surface area contributed by atoms with Gasteiger partial charge in [0.25, 0.3) is 0 Å². The zero-order chi connectivity index (χ0) is 10.8. The van der Waals surface area contributed by atoms with Gasteiger partial charge in [0.2, 0.25) is 0 Å². The fourth-order valence-electron chi connectivity index (χ4n) is 1.41. The molecule has 0 aromatic carbocycles. The second kappa shape index (κ2) is 3.61. The predicted octanol–water partition coefficient (Wildman–Crippen LogP) is 1.32. The van der Waals surface area contributed by atoms with Gasteiger partial charge in [0, 0.05) is 11.6 Å². The summed E-state index contributed by atoms with van der Waals surface area (Å²) in [6.07, 6.45) is 1.63. The summed E-state index contributed by atoms with van der Waals surface area (Å²) in [5.41, 5.74) is 7.05. The van der Waals surface area contributed by atoms with E-state index in [9.17, 15) is 4.79 Å². The molecule has 78 valence electrons. The van der Waals surface area contributed by atoms with Gasteiger partial charge in [-0.3, -0.25) is 0 Å². The molecule has 5 heteroatoms. The van der Waals surface area contributed by atoms with E-state index in [-0.39, 0.29) is 5.69 Å². The number of carbonyl (C=O) groups is 1. The Labute approximate surface area is 86.3 Å². The summed E-state index contributed by atoms with van der Waals surface area (Å²) in [6.45, 7) is 2.07. The number of H-pyrrole nitrogens is 1. The van der Waals surface area contributed by atoms with Crippen LogP contribution in [-0.4, -0.2) is 22.5 Å². The van der Waals surface area contributed by atoms with Gasteiger partial charge in [-0.05, 0) is 19.1 Å². The normalized spacial score (nSPS) is 10.5. The number of aromatic nitrogens is 2. The fraction of sp³-hybridized carbons (Fsp3) is 0.200. The van der Waals surface area contributed by atoms with Crippen LogP contribution in [0.5, 0.6) is 0 Å². The van der Waals surface area contributed by atoms with Crippen molar-refractivity contribution in [1.29, 1.82) is 0 Å². The van der Waals surface area contributed by atoms with E-state index in [1.54, 1.807) is 25.3 Å². The van der Waals surface area contributed by atoms with Crippen LogP contribution in [0.1, 0.15) is 17.4 Å². The van der Waals surface area contributed by atoms with E-state index in [1.807, 2.05) is 0 Å². The Hall–Kier alpha value is -2.04. The van der Waals surface area contributed by atoms with E-state index in [0.29, 0.717) is 17.9 Å². The van der Waals surface area contributed by atoms with Gasteiger partial charge < -0.3 is 15.5 Å². The summed E-state index contributed by atoms with van der Waals surface area (Å²) in [6, 6.07) is 3.57. The van der Waals surface area contributed by atoms with Crippen molar-refractivity contribution >= 4 is 22.7 Å². The zero-order valence-electron chi connectivity index (χ0n) is 8.28. The van der Waals surface area contributed by atoms with Crippen LogP contribution in [0.4, 0.5) is 5.69 Å². The van der Waals surface area contributed by atoms with E-state index in [2.05, 4.69) is 9.97 Å². The summed E-state index contributed by atoms with van der Waals surface area (Å²) in [4.78, 5) is 18.4. The minimum atomic E-state index is -0.451. The molecule has 0 unspecified atom stereocenters. The smallest absolute Gasteiger partial charge is 0.356 e. The number of rotatable bonds is 2.